The molecule has 0 bridgehead atoms. The molecule has 1 aliphatic rings. The van der Waals surface area contributed by atoms with Crippen LogP contribution in [0.2, 0.25) is 0 Å². The first-order valence-electron chi connectivity index (χ1n) is 5.19. The smallest absolute Gasteiger partial charge is 0.223 e. The third kappa shape index (κ3) is 2.99. The van der Waals surface area contributed by atoms with Gasteiger partial charge in [0.2, 0.25) is 5.91 Å². The zero-order valence-electron chi connectivity index (χ0n) is 8.55. The Hall–Kier alpha value is -0.570. The summed E-state index contributed by atoms with van der Waals surface area (Å²) in [6.07, 6.45) is 3.35. The lowest BCUT2D eigenvalue weighted by Gasteiger charge is -2.18. The lowest BCUT2D eigenvalue weighted by Crippen LogP contribution is -2.43. The standard InChI is InChI=1S/C10H20N2O/c1-3-7(2)10(13)12-9(6-11)8-4-5-8/h7-9H,3-6,11H2,1-2H3,(H,12,13). The van der Waals surface area contributed by atoms with Crippen LogP contribution in [-0.2, 0) is 4.79 Å². The minimum absolute atomic E-state index is 0.118. The van der Waals surface area contributed by atoms with Gasteiger partial charge in [0, 0.05) is 18.5 Å². The number of carbonyl (C=O) groups excluding carboxylic acids is 1. The lowest BCUT2D eigenvalue weighted by molar-refractivity contribution is -0.125. The highest BCUT2D eigenvalue weighted by Gasteiger charge is 2.31. The van der Waals surface area contributed by atoms with Crippen LogP contribution >= 0.6 is 0 Å². The van der Waals surface area contributed by atoms with E-state index in [1.807, 2.05) is 13.8 Å². The fourth-order valence-electron chi connectivity index (χ4n) is 1.38. The van der Waals surface area contributed by atoms with E-state index in [0.29, 0.717) is 12.5 Å². The molecule has 3 nitrogen and oxygen atoms in total. The van der Waals surface area contributed by atoms with Gasteiger partial charge in [-0.15, -0.1) is 0 Å². The summed E-state index contributed by atoms with van der Waals surface area (Å²) in [6.45, 7) is 4.56. The first kappa shape index (κ1) is 10.5. The van der Waals surface area contributed by atoms with Crippen LogP contribution in [0.1, 0.15) is 33.1 Å². The molecular weight excluding hydrogens is 164 g/mol. The van der Waals surface area contributed by atoms with E-state index in [1.165, 1.54) is 12.8 Å². The molecule has 3 heteroatoms. The predicted molar refractivity (Wildman–Crippen MR) is 53.2 cm³/mol. The van der Waals surface area contributed by atoms with Gasteiger partial charge in [-0.3, -0.25) is 4.79 Å². The molecule has 13 heavy (non-hydrogen) atoms. The van der Waals surface area contributed by atoms with E-state index in [2.05, 4.69) is 5.32 Å². The molecule has 0 aromatic heterocycles. The maximum atomic E-state index is 11.5. The average molecular weight is 184 g/mol. The molecule has 1 rings (SSSR count). The summed E-state index contributed by atoms with van der Waals surface area (Å²) in [5, 5.41) is 3.02. The van der Waals surface area contributed by atoms with Crippen molar-refractivity contribution in [3.8, 4) is 0 Å². The van der Waals surface area contributed by atoms with Crippen LogP contribution in [0, 0.1) is 11.8 Å². The largest absolute Gasteiger partial charge is 0.352 e. The van der Waals surface area contributed by atoms with Crippen LogP contribution in [0.15, 0.2) is 0 Å². The molecule has 76 valence electrons. The lowest BCUT2D eigenvalue weighted by atomic mass is 10.1. The van der Waals surface area contributed by atoms with E-state index >= 15 is 0 Å². The zero-order chi connectivity index (χ0) is 9.84. The summed E-state index contributed by atoms with van der Waals surface area (Å²) >= 11 is 0. The predicted octanol–water partition coefficient (Wildman–Crippen LogP) is 0.886. The van der Waals surface area contributed by atoms with Gasteiger partial charge in [0.05, 0.1) is 0 Å². The van der Waals surface area contributed by atoms with Gasteiger partial charge >= 0.3 is 0 Å². The summed E-state index contributed by atoms with van der Waals surface area (Å²) < 4.78 is 0. The number of nitrogens with two attached hydrogens (primary N) is 1. The van der Waals surface area contributed by atoms with Gasteiger partial charge in [0.1, 0.15) is 0 Å². The van der Waals surface area contributed by atoms with Gasteiger partial charge in [-0.1, -0.05) is 13.8 Å². The van der Waals surface area contributed by atoms with E-state index in [4.69, 9.17) is 5.73 Å². The van der Waals surface area contributed by atoms with Gasteiger partial charge in [-0.2, -0.15) is 0 Å². The van der Waals surface area contributed by atoms with Crippen molar-refractivity contribution in [2.24, 2.45) is 17.6 Å². The average Bonchev–Trinajstić information content (AvgIpc) is 2.95. The van der Waals surface area contributed by atoms with Crippen LogP contribution in [-0.4, -0.2) is 18.5 Å². The first-order valence-corrected chi connectivity index (χ1v) is 5.19. The molecule has 2 unspecified atom stereocenters. The van der Waals surface area contributed by atoms with E-state index in [1.54, 1.807) is 0 Å². The molecule has 0 heterocycles. The van der Waals surface area contributed by atoms with Crippen LogP contribution < -0.4 is 11.1 Å². The maximum absolute atomic E-state index is 11.5. The van der Waals surface area contributed by atoms with E-state index in [0.717, 1.165) is 6.42 Å². The Bertz CT molecular complexity index is 178. The molecule has 3 N–H and O–H groups in total. The molecule has 0 aliphatic heterocycles. The Morgan fingerprint density at radius 3 is 2.62 bits per heavy atom. The van der Waals surface area contributed by atoms with Crippen molar-refractivity contribution >= 4 is 5.91 Å². The second-order valence-electron chi connectivity index (χ2n) is 4.00. The van der Waals surface area contributed by atoms with Crippen molar-refractivity contribution in [3.63, 3.8) is 0 Å². The molecule has 0 saturated heterocycles. The zero-order valence-corrected chi connectivity index (χ0v) is 8.55. The number of carbonyl (C=O) groups is 1. The van der Waals surface area contributed by atoms with Crippen molar-refractivity contribution in [1.29, 1.82) is 0 Å². The Morgan fingerprint density at radius 1 is 1.62 bits per heavy atom. The van der Waals surface area contributed by atoms with Gasteiger partial charge in [0.25, 0.3) is 0 Å². The molecule has 0 spiro atoms. The second kappa shape index (κ2) is 4.61. The summed E-state index contributed by atoms with van der Waals surface area (Å²) in [7, 11) is 0. The van der Waals surface area contributed by atoms with Gasteiger partial charge in [-0.25, -0.2) is 0 Å². The fourth-order valence-corrected chi connectivity index (χ4v) is 1.38. The fraction of sp³-hybridized carbons (Fsp3) is 0.900. The topological polar surface area (TPSA) is 55.1 Å². The quantitative estimate of drug-likeness (QED) is 0.666. The monoisotopic (exact) mass is 184 g/mol. The third-order valence-electron chi connectivity index (χ3n) is 2.83. The van der Waals surface area contributed by atoms with Crippen LogP contribution in [0.25, 0.3) is 0 Å². The van der Waals surface area contributed by atoms with Crippen LogP contribution in [0.4, 0.5) is 0 Å². The molecule has 2 atom stereocenters. The maximum Gasteiger partial charge on any atom is 0.223 e. The van der Waals surface area contributed by atoms with Crippen LogP contribution in [0.5, 0.6) is 0 Å². The van der Waals surface area contributed by atoms with Crippen molar-refractivity contribution in [2.45, 2.75) is 39.2 Å². The molecule has 1 saturated carbocycles. The summed E-state index contributed by atoms with van der Waals surface area (Å²) in [5.41, 5.74) is 5.59. The molecular formula is C10H20N2O. The van der Waals surface area contributed by atoms with Crippen LogP contribution in [0.3, 0.4) is 0 Å². The first-order chi connectivity index (χ1) is 6.19. The summed E-state index contributed by atoms with van der Waals surface area (Å²) in [5.74, 6) is 0.927. The van der Waals surface area contributed by atoms with Crippen molar-refractivity contribution in [3.05, 3.63) is 0 Å². The number of nitrogens with one attached hydrogen (secondary N) is 1. The van der Waals surface area contributed by atoms with Crippen molar-refractivity contribution in [2.75, 3.05) is 6.54 Å². The summed E-state index contributed by atoms with van der Waals surface area (Å²) in [6, 6.07) is 0.224. The second-order valence-corrected chi connectivity index (χ2v) is 4.00. The minimum atomic E-state index is 0.118. The van der Waals surface area contributed by atoms with Crippen molar-refractivity contribution < 1.29 is 4.79 Å². The Morgan fingerprint density at radius 2 is 2.23 bits per heavy atom. The Labute approximate surface area is 80.1 Å². The van der Waals surface area contributed by atoms with Gasteiger partial charge in [0.15, 0.2) is 0 Å². The molecule has 0 aromatic carbocycles. The van der Waals surface area contributed by atoms with E-state index in [9.17, 15) is 4.79 Å². The molecule has 0 aromatic rings. The van der Waals surface area contributed by atoms with E-state index < -0.39 is 0 Å². The van der Waals surface area contributed by atoms with Gasteiger partial charge < -0.3 is 11.1 Å². The normalized spacial score (nSPS) is 20.8. The minimum Gasteiger partial charge on any atom is -0.352 e. The highest BCUT2D eigenvalue weighted by molar-refractivity contribution is 5.78. The Kier molecular flexibility index (Phi) is 3.72. The SMILES string of the molecule is CCC(C)C(=O)NC(CN)C1CC1. The molecule has 1 amide bonds. The highest BCUT2D eigenvalue weighted by atomic mass is 16.1. The van der Waals surface area contributed by atoms with E-state index in [-0.39, 0.29) is 17.9 Å². The number of hydrogen-bond donors (Lipinski definition) is 2. The number of amides is 1. The molecule has 0 radical (unpaired) electrons. The van der Waals surface area contributed by atoms with Crippen molar-refractivity contribution in [1.82, 2.24) is 5.32 Å². The third-order valence-corrected chi connectivity index (χ3v) is 2.83. The Balaban J connectivity index is 2.31. The number of rotatable bonds is 5. The highest BCUT2D eigenvalue weighted by Crippen LogP contribution is 2.32. The molecule has 1 fully saturated rings. The molecule has 1 aliphatic carbocycles. The summed E-state index contributed by atoms with van der Waals surface area (Å²) in [4.78, 5) is 11.5. The van der Waals surface area contributed by atoms with Gasteiger partial charge in [-0.05, 0) is 25.2 Å². The number of hydrogen-bond acceptors (Lipinski definition) is 2.